The molecule has 0 saturated carbocycles. The van der Waals surface area contributed by atoms with Crippen LogP contribution in [0.1, 0.15) is 17.5 Å². The van der Waals surface area contributed by atoms with Crippen LogP contribution in [0.4, 0.5) is 0 Å². The lowest BCUT2D eigenvalue weighted by atomic mass is 10.0. The van der Waals surface area contributed by atoms with Crippen molar-refractivity contribution in [3.8, 4) is 39.9 Å². The highest BCUT2D eigenvalue weighted by atomic mass is 16.3. The summed E-state index contributed by atoms with van der Waals surface area (Å²) in [6.45, 7) is 0. The van der Waals surface area contributed by atoms with Gasteiger partial charge in [-0.25, -0.2) is 15.0 Å². The van der Waals surface area contributed by atoms with Crippen molar-refractivity contribution in [1.82, 2.24) is 19.5 Å². The van der Waals surface area contributed by atoms with Crippen LogP contribution in [-0.4, -0.2) is 19.5 Å². The zero-order valence-corrected chi connectivity index (χ0v) is 28.6. The first-order valence-corrected chi connectivity index (χ1v) is 17.9. The summed E-state index contributed by atoms with van der Waals surface area (Å²) in [5.74, 6) is 1.88. The van der Waals surface area contributed by atoms with E-state index in [2.05, 4.69) is 102 Å². The fourth-order valence-electron chi connectivity index (χ4n) is 7.83. The maximum absolute atomic E-state index is 6.80. The van der Waals surface area contributed by atoms with Crippen molar-refractivity contribution in [2.45, 2.75) is 6.42 Å². The van der Waals surface area contributed by atoms with Gasteiger partial charge in [-0.3, -0.25) is 0 Å². The van der Waals surface area contributed by atoms with Gasteiger partial charge in [-0.2, -0.15) is 0 Å². The number of benzene rings is 7. The van der Waals surface area contributed by atoms with E-state index in [0.717, 1.165) is 61.8 Å². The summed E-state index contributed by atoms with van der Waals surface area (Å²) < 4.78 is 9.19. The van der Waals surface area contributed by atoms with E-state index in [1.807, 2.05) is 72.8 Å². The van der Waals surface area contributed by atoms with Gasteiger partial charge in [0.25, 0.3) is 0 Å². The molecule has 0 atom stereocenters. The quantitative estimate of drug-likeness (QED) is 0.186. The molecule has 0 spiro atoms. The van der Waals surface area contributed by atoms with Crippen LogP contribution in [0.3, 0.4) is 0 Å². The summed E-state index contributed by atoms with van der Waals surface area (Å²) in [5.41, 5.74) is 10.2. The molecule has 5 nitrogen and oxygen atoms in total. The van der Waals surface area contributed by atoms with Gasteiger partial charge in [0.15, 0.2) is 23.1 Å². The van der Waals surface area contributed by atoms with Crippen LogP contribution in [0, 0.1) is 0 Å². The minimum Gasteiger partial charge on any atom is -0.454 e. The monoisotopic (exact) mass is 678 g/mol. The van der Waals surface area contributed by atoms with Gasteiger partial charge in [0, 0.05) is 38.2 Å². The minimum absolute atomic E-state index is 0.613. The van der Waals surface area contributed by atoms with E-state index in [9.17, 15) is 0 Å². The van der Waals surface area contributed by atoms with E-state index in [1.165, 1.54) is 32.7 Å². The Kier molecular flexibility index (Phi) is 6.55. The molecule has 248 valence electrons. The lowest BCUT2D eigenvalue weighted by Gasteiger charge is -2.10. The topological polar surface area (TPSA) is 56.7 Å². The molecule has 0 unspecified atom stereocenters. The molecule has 3 heterocycles. The molecule has 0 saturated heterocycles. The predicted molar refractivity (Wildman–Crippen MR) is 218 cm³/mol. The van der Waals surface area contributed by atoms with Gasteiger partial charge in [0.05, 0.1) is 16.7 Å². The predicted octanol–water partition coefficient (Wildman–Crippen LogP) is 12.5. The molecular weight excluding hydrogens is 649 g/mol. The number of fused-ring (bicyclic) bond motifs is 8. The number of aromatic nitrogens is 4. The van der Waals surface area contributed by atoms with Crippen LogP contribution in [0.15, 0.2) is 162 Å². The Morgan fingerprint density at radius 1 is 0.453 bits per heavy atom. The Bertz CT molecular complexity index is 3080. The second kappa shape index (κ2) is 11.7. The summed E-state index contributed by atoms with van der Waals surface area (Å²) in [6, 6.07) is 50.8. The maximum Gasteiger partial charge on any atom is 0.164 e. The van der Waals surface area contributed by atoms with Crippen molar-refractivity contribution in [3.05, 3.63) is 169 Å². The fraction of sp³-hybridized carbons (Fsp3) is 0.0208. The zero-order valence-electron chi connectivity index (χ0n) is 28.6. The van der Waals surface area contributed by atoms with Crippen molar-refractivity contribution >= 4 is 66.7 Å². The summed E-state index contributed by atoms with van der Waals surface area (Å²) >= 11 is 0. The van der Waals surface area contributed by atoms with E-state index in [-0.39, 0.29) is 0 Å². The van der Waals surface area contributed by atoms with E-state index < -0.39 is 0 Å². The molecule has 10 aromatic rings. The van der Waals surface area contributed by atoms with Gasteiger partial charge in [0.2, 0.25) is 0 Å². The van der Waals surface area contributed by atoms with Crippen LogP contribution < -0.4 is 0 Å². The third kappa shape index (κ3) is 4.82. The number of allylic oxidation sites excluding steroid dienone is 2. The van der Waals surface area contributed by atoms with Gasteiger partial charge in [-0.1, -0.05) is 121 Å². The Labute approximate surface area is 304 Å². The van der Waals surface area contributed by atoms with Crippen molar-refractivity contribution in [3.63, 3.8) is 0 Å². The van der Waals surface area contributed by atoms with Gasteiger partial charge in [0.1, 0.15) is 5.58 Å². The summed E-state index contributed by atoms with van der Waals surface area (Å²) in [4.78, 5) is 14.9. The zero-order chi connectivity index (χ0) is 34.9. The lowest BCUT2D eigenvalue weighted by Crippen LogP contribution is -2.00. The summed E-state index contributed by atoms with van der Waals surface area (Å²) in [5, 5.41) is 6.91. The van der Waals surface area contributed by atoms with E-state index in [4.69, 9.17) is 19.4 Å². The average Bonchev–Trinajstić information content (AvgIpc) is 3.63. The highest BCUT2D eigenvalue weighted by Gasteiger charge is 2.21. The first kappa shape index (κ1) is 29.6. The van der Waals surface area contributed by atoms with Gasteiger partial charge in [-0.05, 0) is 76.9 Å². The third-order valence-electron chi connectivity index (χ3n) is 10.4. The normalized spacial score (nSPS) is 12.7. The lowest BCUT2D eigenvalue weighted by molar-refractivity contribution is 0.666. The number of hydrogen-bond acceptors (Lipinski definition) is 4. The largest absolute Gasteiger partial charge is 0.454 e. The van der Waals surface area contributed by atoms with Crippen molar-refractivity contribution in [1.29, 1.82) is 0 Å². The molecule has 11 rings (SSSR count). The summed E-state index contributed by atoms with van der Waals surface area (Å²) in [7, 11) is 0. The van der Waals surface area contributed by atoms with Crippen LogP contribution in [0.5, 0.6) is 0 Å². The van der Waals surface area contributed by atoms with Crippen LogP contribution in [0.25, 0.3) is 107 Å². The maximum atomic E-state index is 6.80. The third-order valence-corrected chi connectivity index (χ3v) is 10.4. The SMILES string of the molecule is C1=Cc2cc3c4cc5ccccc5cc4n(-c4cccc5c4oc4ccc(-c6nc(-c7ccccc7)nc(-c7ccccc7)n6)cc45)c3cc2C=CC1. The van der Waals surface area contributed by atoms with E-state index in [1.54, 1.807) is 0 Å². The molecule has 5 heteroatoms. The Morgan fingerprint density at radius 2 is 1.06 bits per heavy atom. The number of rotatable bonds is 4. The number of furan rings is 1. The molecule has 0 N–H and O–H groups in total. The van der Waals surface area contributed by atoms with Gasteiger partial charge >= 0.3 is 0 Å². The molecule has 0 amide bonds. The van der Waals surface area contributed by atoms with Crippen molar-refractivity contribution < 1.29 is 4.42 Å². The number of hydrogen-bond donors (Lipinski definition) is 0. The fourth-order valence-corrected chi connectivity index (χ4v) is 7.83. The van der Waals surface area contributed by atoms with Gasteiger partial charge in [-0.15, -0.1) is 0 Å². The molecule has 1 aliphatic rings. The Hall–Kier alpha value is -7.11. The molecule has 0 bridgehead atoms. The smallest absolute Gasteiger partial charge is 0.164 e. The Balaban J connectivity index is 1.14. The first-order valence-electron chi connectivity index (χ1n) is 17.9. The van der Waals surface area contributed by atoms with Gasteiger partial charge < -0.3 is 8.98 Å². The minimum atomic E-state index is 0.613. The average molecular weight is 679 g/mol. The number of nitrogens with zero attached hydrogens (tertiary/aromatic N) is 4. The van der Waals surface area contributed by atoms with E-state index >= 15 is 0 Å². The standard InChI is InChI=1S/C48H30N4O/c1-4-13-30(14-5-1)46-49-47(31-15-6-2-7-16-31)51-48(50-46)36-23-24-44-40(27-36)37-21-12-22-41(45(37)53-44)52-42-28-34-18-9-3-8-17-32(34)25-38(42)39-26-33-19-10-11-20-35(33)29-43(39)52/h1-2,4-29H,3H2. The molecule has 1 aliphatic carbocycles. The number of para-hydroxylation sites is 1. The molecule has 0 aliphatic heterocycles. The Morgan fingerprint density at radius 3 is 1.77 bits per heavy atom. The first-order chi connectivity index (χ1) is 26.2. The summed E-state index contributed by atoms with van der Waals surface area (Å²) in [6.07, 6.45) is 9.87. The van der Waals surface area contributed by atoms with Crippen LogP contribution >= 0.6 is 0 Å². The van der Waals surface area contributed by atoms with Crippen LogP contribution in [0.2, 0.25) is 0 Å². The molecule has 3 aromatic heterocycles. The molecular formula is C48H30N4O. The van der Waals surface area contributed by atoms with Crippen molar-refractivity contribution in [2.75, 3.05) is 0 Å². The van der Waals surface area contributed by atoms with Crippen LogP contribution in [-0.2, 0) is 0 Å². The molecule has 53 heavy (non-hydrogen) atoms. The second-order valence-electron chi connectivity index (χ2n) is 13.6. The highest BCUT2D eigenvalue weighted by Crippen LogP contribution is 2.41. The molecule has 7 aromatic carbocycles. The molecule has 0 fully saturated rings. The highest BCUT2D eigenvalue weighted by molar-refractivity contribution is 6.16. The molecule has 0 radical (unpaired) electrons. The second-order valence-corrected chi connectivity index (χ2v) is 13.6. The van der Waals surface area contributed by atoms with Crippen molar-refractivity contribution in [2.24, 2.45) is 0 Å². The van der Waals surface area contributed by atoms with E-state index in [0.29, 0.717) is 17.5 Å².